The van der Waals surface area contributed by atoms with Gasteiger partial charge in [0, 0.05) is 32.0 Å². The second-order valence-corrected chi connectivity index (χ2v) is 35.2. The number of carboxylic acids is 1. The number of hydrogen-bond donors (Lipinski definition) is 14. The molecule has 2 rings (SSSR count). The predicted molar refractivity (Wildman–Crippen MR) is 449 cm³/mol. The van der Waals surface area contributed by atoms with Gasteiger partial charge in [0.15, 0.2) is 0 Å². The average molecular weight is 1670 g/mol. The van der Waals surface area contributed by atoms with E-state index in [0.29, 0.717) is 24.8 Å². The van der Waals surface area contributed by atoms with Crippen LogP contribution < -0.4 is 69.5 Å². The number of aliphatic carboxylic acids is 1. The van der Waals surface area contributed by atoms with Gasteiger partial charge in [-0.15, -0.1) is 0 Å². The first kappa shape index (κ1) is 105. The molecule has 1 aromatic rings. The SMILES string of the molecule is C/C=C(\NC(=O)[C@H](C(C)C)N(C)[C@H](C)[C@@H](NC(=O)[C@H](NC(=O)[C@H](CCCNC(=O)OC(C)(C)C)NC(=O)[C@H]1CCCN1C(=O)[C@H](NC(=O)[C@@H](NC(=O)[C@@H](NC(=O)[C@H](NC(=O)CC[C@@H](C)CC)C(C)C)[C@@H](C)OC(C)(C)C)C(C)C)C(C)C)[C@@H](C)CC)C(=O)N[C@@H](C(=O)N[C@H](C(=O)O)C(C)C)[C@@H](C)CC)C(=O)N[C@@H](Cc1ccccc1)C(N)=O. The number of nitrogens with two attached hydrogens (primary N) is 1. The highest BCUT2D eigenvalue weighted by Crippen LogP contribution is 2.25. The number of likely N-dealkylation sites (N-methyl/N-ethyl adjacent to an activating group) is 1. The molecule has 0 aromatic heterocycles. The maximum absolute atomic E-state index is 15.5. The van der Waals surface area contributed by atoms with Crippen molar-refractivity contribution in [1.82, 2.24) is 73.6 Å². The van der Waals surface area contributed by atoms with Crippen molar-refractivity contribution in [2.75, 3.05) is 20.1 Å². The Morgan fingerprint density at radius 3 is 1.48 bits per heavy atom. The van der Waals surface area contributed by atoms with Gasteiger partial charge in [-0.3, -0.25) is 67.2 Å². The number of carbonyl (C=O) groups excluding carboxylic acids is 14. The van der Waals surface area contributed by atoms with E-state index in [9.17, 15) is 53.1 Å². The number of benzene rings is 1. The van der Waals surface area contributed by atoms with Crippen molar-refractivity contribution in [2.45, 2.75) is 333 Å². The van der Waals surface area contributed by atoms with E-state index in [0.717, 1.165) is 6.42 Å². The first-order valence-electron chi connectivity index (χ1n) is 42.0. The third-order valence-electron chi connectivity index (χ3n) is 21.3. The van der Waals surface area contributed by atoms with E-state index in [2.05, 4.69) is 63.8 Å². The minimum absolute atomic E-state index is 0.0272. The highest BCUT2D eigenvalue weighted by Gasteiger charge is 2.45. The van der Waals surface area contributed by atoms with Crippen LogP contribution in [0.5, 0.6) is 0 Å². The quantitative estimate of drug-likeness (QED) is 0.0300. The number of nitrogens with one attached hydrogen (secondary N) is 12. The Morgan fingerprint density at radius 2 is 1.01 bits per heavy atom. The summed E-state index contributed by atoms with van der Waals surface area (Å²) >= 11 is 0. The van der Waals surface area contributed by atoms with E-state index in [-0.39, 0.29) is 69.1 Å². The average Bonchev–Trinajstić information content (AvgIpc) is 1.36. The smallest absolute Gasteiger partial charge is 0.407 e. The normalized spacial score (nSPS) is 17.4. The molecule has 668 valence electrons. The van der Waals surface area contributed by atoms with Crippen LogP contribution in [0.3, 0.4) is 0 Å². The van der Waals surface area contributed by atoms with Crippen molar-refractivity contribution >= 4 is 88.9 Å². The number of rotatable bonds is 48. The van der Waals surface area contributed by atoms with Gasteiger partial charge in [0.1, 0.15) is 77.8 Å². The van der Waals surface area contributed by atoms with Crippen LogP contribution in [0.1, 0.15) is 236 Å². The van der Waals surface area contributed by atoms with E-state index in [1.807, 2.05) is 13.8 Å². The molecule has 33 nitrogen and oxygen atoms in total. The Morgan fingerprint density at radius 1 is 0.542 bits per heavy atom. The summed E-state index contributed by atoms with van der Waals surface area (Å²) in [4.78, 5) is 217. The zero-order chi connectivity index (χ0) is 90.3. The Balaban J connectivity index is 2.79. The largest absolute Gasteiger partial charge is 0.480 e. The summed E-state index contributed by atoms with van der Waals surface area (Å²) in [6.45, 7) is 42.6. The number of carboxylic acid groups (broad SMARTS) is 1. The number of alkyl carbamates (subject to hydrolysis) is 1. The number of allylic oxidation sites excluding steroid dienone is 1. The lowest BCUT2D eigenvalue weighted by Crippen LogP contribution is -2.66. The molecule has 1 aliphatic heterocycles. The maximum atomic E-state index is 15.5. The molecule has 17 atom stereocenters. The van der Waals surface area contributed by atoms with Crippen LogP contribution in [0.2, 0.25) is 0 Å². The zero-order valence-electron chi connectivity index (χ0n) is 75.0. The summed E-state index contributed by atoms with van der Waals surface area (Å²) in [6, 6.07) is -8.59. The molecule has 14 amide bonds. The molecule has 0 unspecified atom stereocenters. The van der Waals surface area contributed by atoms with Crippen molar-refractivity contribution in [3.8, 4) is 0 Å². The molecule has 1 fully saturated rings. The second kappa shape index (κ2) is 49.3. The molecule has 118 heavy (non-hydrogen) atoms. The summed E-state index contributed by atoms with van der Waals surface area (Å²) in [5, 5.41) is 43.1. The van der Waals surface area contributed by atoms with Crippen molar-refractivity contribution in [2.24, 2.45) is 53.1 Å². The van der Waals surface area contributed by atoms with Gasteiger partial charge in [-0.25, -0.2) is 9.59 Å². The van der Waals surface area contributed by atoms with Gasteiger partial charge in [0.2, 0.25) is 70.9 Å². The lowest BCUT2D eigenvalue weighted by molar-refractivity contribution is -0.144. The van der Waals surface area contributed by atoms with Crippen LogP contribution in [-0.2, 0) is 83.0 Å². The first-order chi connectivity index (χ1) is 54.8. The number of hydrogen-bond acceptors (Lipinski definition) is 18. The molecule has 1 aliphatic rings. The molecule has 33 heteroatoms. The third kappa shape index (κ3) is 34.2. The van der Waals surface area contributed by atoms with Gasteiger partial charge in [0.05, 0.1) is 17.7 Å². The van der Waals surface area contributed by atoms with Crippen molar-refractivity contribution < 1.29 is 86.5 Å². The molecule has 0 spiro atoms. The van der Waals surface area contributed by atoms with Crippen LogP contribution in [-0.4, -0.2) is 220 Å². The molecule has 0 bridgehead atoms. The summed E-state index contributed by atoms with van der Waals surface area (Å²) in [5.74, 6) is -15.3. The number of primary amides is 1. The summed E-state index contributed by atoms with van der Waals surface area (Å²) in [5.41, 5.74) is 4.50. The minimum Gasteiger partial charge on any atom is -0.480 e. The number of nitrogens with zero attached hydrogens (tertiary/aromatic N) is 2. The van der Waals surface area contributed by atoms with E-state index >= 15 is 24.0 Å². The molecule has 1 heterocycles. The number of amides is 14. The van der Waals surface area contributed by atoms with Crippen molar-refractivity contribution in [1.29, 1.82) is 0 Å². The van der Waals surface area contributed by atoms with Crippen LogP contribution in [0.25, 0.3) is 0 Å². The number of likely N-dealkylation sites (tertiary alicyclic amines) is 1. The highest BCUT2D eigenvalue weighted by molar-refractivity contribution is 6.02. The van der Waals surface area contributed by atoms with Crippen LogP contribution in [0.15, 0.2) is 42.1 Å². The predicted octanol–water partition coefficient (Wildman–Crippen LogP) is 5.05. The highest BCUT2D eigenvalue weighted by atomic mass is 16.6. The first-order valence-corrected chi connectivity index (χ1v) is 42.0. The summed E-state index contributed by atoms with van der Waals surface area (Å²) in [7, 11) is 1.50. The van der Waals surface area contributed by atoms with Gasteiger partial charge in [-0.05, 0) is 154 Å². The molecule has 1 saturated heterocycles. The lowest BCUT2D eigenvalue weighted by atomic mass is 9.94. The molecule has 1 aromatic carbocycles. The third-order valence-corrected chi connectivity index (χ3v) is 21.3. The monoisotopic (exact) mass is 1660 g/mol. The minimum atomic E-state index is -1.72. The van der Waals surface area contributed by atoms with Gasteiger partial charge >= 0.3 is 12.1 Å². The Bertz CT molecular complexity index is 3560. The molecule has 15 N–H and O–H groups in total. The van der Waals surface area contributed by atoms with Crippen molar-refractivity contribution in [3.05, 3.63) is 47.7 Å². The maximum Gasteiger partial charge on any atom is 0.407 e. The van der Waals surface area contributed by atoms with E-state index in [4.69, 9.17) is 15.2 Å². The molecular formula is C85H145N15O18. The van der Waals surface area contributed by atoms with Crippen molar-refractivity contribution in [3.63, 3.8) is 0 Å². The molecule has 0 radical (unpaired) electrons. The van der Waals surface area contributed by atoms with E-state index in [1.54, 1.807) is 176 Å². The number of ether oxygens (including phenoxy) is 2. The lowest BCUT2D eigenvalue weighted by Gasteiger charge is -2.39. The van der Waals surface area contributed by atoms with Crippen LogP contribution in [0.4, 0.5) is 4.79 Å². The fourth-order valence-electron chi connectivity index (χ4n) is 13.5. The molecule has 0 aliphatic carbocycles. The van der Waals surface area contributed by atoms with Crippen LogP contribution in [0, 0.1) is 47.3 Å². The fraction of sp³-hybridized carbons (Fsp3) is 0.729. The van der Waals surface area contributed by atoms with Gasteiger partial charge in [0.25, 0.3) is 5.91 Å². The van der Waals surface area contributed by atoms with Crippen LogP contribution >= 0.6 is 0 Å². The standard InChI is InChI=1S/C85H145N15O18/c1-27-50(15)40-41-60(101)91-61(45(5)6)74(106)98-68(54(19)117-84(20,21)22)79(111)92-62(46(7)8)75(107)93-63(47(9)10)81(113)100-43-35-39-59(100)73(105)89-57(38-34-42-87-83(116)118-85(23,24)25)72(104)95-65(51(16)28-2)77(109)97-67(78(110)96-66(52(17)29-3)76(108)94-64(48(11)12)82(114)115)53(18)99(26)69(49(13)14)80(112)88-56(30-4)71(103)90-58(70(86)102)44-55-36-32-31-33-37-55/h30-33,36-37,45-54,57-59,61-69H,27-29,34-35,38-44H2,1-26H3,(H2,86,102)(H,87,116)(H,88,112)(H,89,105)(H,90,103)(H,91,101)(H,92,111)(H,93,107)(H,94,108)(H,95,104)(H,96,110)(H,97,109)(H,98,106)(H,114,115)/b56-30-/t50-,51-,52-,53+,54+,57-,58-,59+,61+,62-,63+,64-,65+,66+,67+,68-,69-/m0/s1. The second-order valence-electron chi connectivity index (χ2n) is 35.2. The zero-order valence-corrected chi connectivity index (χ0v) is 75.0. The molecular weight excluding hydrogens is 1520 g/mol. The number of carbonyl (C=O) groups is 15. The Hall–Kier alpha value is -9.27. The van der Waals surface area contributed by atoms with E-state index < -0.39 is 220 Å². The van der Waals surface area contributed by atoms with E-state index in [1.165, 1.54) is 36.8 Å². The fourth-order valence-corrected chi connectivity index (χ4v) is 13.5. The molecule has 0 saturated carbocycles. The van der Waals surface area contributed by atoms with Gasteiger partial charge < -0.3 is 89.0 Å². The summed E-state index contributed by atoms with van der Waals surface area (Å²) in [6.07, 6.45) is 2.05. The van der Waals surface area contributed by atoms with Gasteiger partial charge in [-0.2, -0.15) is 0 Å². The Labute approximate surface area is 699 Å². The topological polar surface area (TPSA) is 472 Å². The Kier molecular flexibility index (Phi) is 43.8. The summed E-state index contributed by atoms with van der Waals surface area (Å²) < 4.78 is 11.7. The van der Waals surface area contributed by atoms with Gasteiger partial charge in [-0.1, -0.05) is 166 Å².